The molecule has 3 aromatic rings. The second-order valence-corrected chi connectivity index (χ2v) is 8.93. The number of pyridine rings is 1. The largest absolute Gasteiger partial charge is 0.368 e. The van der Waals surface area contributed by atoms with Gasteiger partial charge in [-0.25, -0.2) is 18.2 Å². The lowest BCUT2D eigenvalue weighted by Crippen LogP contribution is -2.42. The average Bonchev–Trinajstić information content (AvgIpc) is 3.29. The van der Waals surface area contributed by atoms with Gasteiger partial charge in [0.15, 0.2) is 0 Å². The Bertz CT molecular complexity index is 1120. The summed E-state index contributed by atoms with van der Waals surface area (Å²) in [6.45, 7) is -1.22. The summed E-state index contributed by atoms with van der Waals surface area (Å²) < 4.78 is 40.7. The summed E-state index contributed by atoms with van der Waals surface area (Å²) in [7, 11) is 0. The summed E-state index contributed by atoms with van der Waals surface area (Å²) >= 11 is 1.02. The number of hydrogen-bond acceptors (Lipinski definition) is 8. The number of halogens is 3. The average molecular weight is 478 g/mol. The van der Waals surface area contributed by atoms with Crippen molar-refractivity contribution in [1.29, 1.82) is 0 Å². The van der Waals surface area contributed by atoms with E-state index in [1.54, 1.807) is 24.4 Å². The van der Waals surface area contributed by atoms with Crippen molar-refractivity contribution in [3.63, 3.8) is 0 Å². The Morgan fingerprint density at radius 3 is 2.67 bits per heavy atom. The Balaban J connectivity index is 1.38. The number of thiazole rings is 1. The molecule has 174 valence electrons. The fourth-order valence-corrected chi connectivity index (χ4v) is 4.34. The van der Waals surface area contributed by atoms with Crippen LogP contribution in [0, 0.1) is 5.82 Å². The zero-order chi connectivity index (χ0) is 23.5. The van der Waals surface area contributed by atoms with Crippen molar-refractivity contribution >= 4 is 23.1 Å². The summed E-state index contributed by atoms with van der Waals surface area (Å²) in [5, 5.41) is 14.1. The van der Waals surface area contributed by atoms with Gasteiger partial charge in [-0.1, -0.05) is 6.42 Å². The maximum atomic E-state index is 14.3. The molecule has 0 radical (unpaired) electrons. The third kappa shape index (κ3) is 5.11. The zero-order valence-corrected chi connectivity index (χ0v) is 18.3. The fourth-order valence-electron chi connectivity index (χ4n) is 3.54. The van der Waals surface area contributed by atoms with Gasteiger partial charge in [0, 0.05) is 18.2 Å². The predicted molar refractivity (Wildman–Crippen MR) is 118 cm³/mol. The molecular formula is C21H22F3N7OS. The van der Waals surface area contributed by atoms with Crippen molar-refractivity contribution in [2.45, 2.75) is 30.6 Å². The molecule has 0 aromatic carbocycles. The van der Waals surface area contributed by atoms with Crippen LogP contribution in [0.3, 0.4) is 0 Å². The first-order valence-electron chi connectivity index (χ1n) is 10.3. The Morgan fingerprint density at radius 1 is 1.21 bits per heavy atom. The van der Waals surface area contributed by atoms with E-state index in [4.69, 9.17) is 5.73 Å². The fraction of sp³-hybridized carbons (Fsp3) is 0.381. The zero-order valence-electron chi connectivity index (χ0n) is 17.5. The number of carbonyl (C=O) groups excluding carboxylic acids is 1. The van der Waals surface area contributed by atoms with Crippen LogP contribution in [0.2, 0.25) is 0 Å². The summed E-state index contributed by atoms with van der Waals surface area (Å²) in [6, 6.07) is 6.40. The van der Waals surface area contributed by atoms with Gasteiger partial charge in [0.2, 0.25) is 0 Å². The summed E-state index contributed by atoms with van der Waals surface area (Å²) in [5.41, 5.74) is 5.49. The predicted octanol–water partition coefficient (Wildman–Crippen LogP) is 2.99. The van der Waals surface area contributed by atoms with E-state index in [2.05, 4.69) is 30.8 Å². The van der Waals surface area contributed by atoms with Gasteiger partial charge in [0.05, 0.1) is 25.0 Å². The van der Waals surface area contributed by atoms with Crippen LogP contribution >= 0.6 is 11.3 Å². The number of carbonyl (C=O) groups is 1. The number of nitrogens with zero attached hydrogens (tertiary/aromatic N) is 4. The van der Waals surface area contributed by atoms with Crippen molar-refractivity contribution in [3.8, 4) is 10.7 Å². The molecule has 0 bridgehead atoms. The number of alkyl halides is 2. The van der Waals surface area contributed by atoms with Crippen molar-refractivity contribution in [3.05, 3.63) is 53.0 Å². The first-order valence-corrected chi connectivity index (χ1v) is 11.1. The molecule has 0 atom stereocenters. The lowest BCUT2D eigenvalue weighted by molar-refractivity contribution is 0.0119. The lowest BCUT2D eigenvalue weighted by Gasteiger charge is -2.41. The van der Waals surface area contributed by atoms with Gasteiger partial charge in [-0.3, -0.25) is 9.78 Å². The monoisotopic (exact) mass is 477 g/mol. The van der Waals surface area contributed by atoms with E-state index < -0.39 is 24.9 Å². The standard InChI is InChI=1S/C21H22F3N7OS/c22-13-3-1-8-26-17(13)20(6-2-7-20)11-28-16-5-4-14(30-31-16)19-27-9-15(33-19)18(32)29-12-21(23,24)10-25/h1,3-5,8-9H,2,6-7,10-12,25H2,(H,28,31)(H,29,32). The molecule has 0 aliphatic heterocycles. The maximum absolute atomic E-state index is 14.3. The van der Waals surface area contributed by atoms with E-state index in [1.807, 2.05) is 0 Å². The van der Waals surface area contributed by atoms with Gasteiger partial charge >= 0.3 is 0 Å². The molecule has 3 heterocycles. The molecule has 0 spiro atoms. The van der Waals surface area contributed by atoms with Crippen LogP contribution in [0.4, 0.5) is 19.0 Å². The molecule has 0 saturated heterocycles. The van der Waals surface area contributed by atoms with E-state index in [-0.39, 0.29) is 16.1 Å². The summed E-state index contributed by atoms with van der Waals surface area (Å²) in [4.78, 5) is 20.6. The Hall–Kier alpha value is -3.12. The maximum Gasteiger partial charge on any atom is 0.277 e. The van der Waals surface area contributed by atoms with Gasteiger partial charge in [0.1, 0.15) is 27.2 Å². The van der Waals surface area contributed by atoms with Gasteiger partial charge in [-0.05, 0) is 37.1 Å². The number of aromatic nitrogens is 4. The van der Waals surface area contributed by atoms with Crippen LogP contribution in [0.5, 0.6) is 0 Å². The molecule has 0 unspecified atom stereocenters. The number of amides is 1. The molecule has 1 aliphatic rings. The van der Waals surface area contributed by atoms with Crippen LogP contribution < -0.4 is 16.4 Å². The molecule has 4 rings (SSSR count). The topological polar surface area (TPSA) is 119 Å². The van der Waals surface area contributed by atoms with Crippen LogP contribution in [0.25, 0.3) is 10.7 Å². The van der Waals surface area contributed by atoms with Gasteiger partial charge in [0.25, 0.3) is 11.8 Å². The molecule has 1 aliphatic carbocycles. The van der Waals surface area contributed by atoms with E-state index in [1.165, 1.54) is 12.3 Å². The molecule has 3 aromatic heterocycles. The number of hydrogen-bond donors (Lipinski definition) is 3. The first kappa shape index (κ1) is 23.1. The Morgan fingerprint density at radius 2 is 2.03 bits per heavy atom. The summed E-state index contributed by atoms with van der Waals surface area (Å²) in [5.74, 6) is -3.63. The van der Waals surface area contributed by atoms with Gasteiger partial charge < -0.3 is 16.4 Å². The van der Waals surface area contributed by atoms with Crippen molar-refractivity contribution < 1.29 is 18.0 Å². The van der Waals surface area contributed by atoms with Crippen molar-refractivity contribution in [2.75, 3.05) is 25.0 Å². The molecule has 4 N–H and O–H groups in total. The minimum Gasteiger partial charge on any atom is -0.368 e. The SMILES string of the molecule is NCC(F)(F)CNC(=O)c1cnc(-c2ccc(NCC3(c4ncccc4F)CCC3)nn2)s1. The molecule has 1 saturated carbocycles. The number of anilines is 1. The number of nitrogens with two attached hydrogens (primary N) is 1. The van der Waals surface area contributed by atoms with Crippen molar-refractivity contribution in [2.24, 2.45) is 5.73 Å². The van der Waals surface area contributed by atoms with E-state index in [9.17, 15) is 18.0 Å². The van der Waals surface area contributed by atoms with Crippen LogP contribution in [0.15, 0.2) is 36.7 Å². The third-order valence-corrected chi connectivity index (χ3v) is 6.62. The number of nitrogens with one attached hydrogen (secondary N) is 2. The van der Waals surface area contributed by atoms with Gasteiger partial charge in [-0.2, -0.15) is 0 Å². The first-order chi connectivity index (χ1) is 15.8. The van der Waals surface area contributed by atoms with Crippen LogP contribution in [-0.4, -0.2) is 51.6 Å². The normalized spacial score (nSPS) is 15.0. The molecular weight excluding hydrogens is 455 g/mol. The highest BCUT2D eigenvalue weighted by Crippen LogP contribution is 2.43. The molecule has 1 fully saturated rings. The van der Waals surface area contributed by atoms with E-state index in [0.29, 0.717) is 28.8 Å². The highest BCUT2D eigenvalue weighted by atomic mass is 32.1. The Labute approximate surface area is 191 Å². The molecule has 1 amide bonds. The third-order valence-electron chi connectivity index (χ3n) is 5.60. The van der Waals surface area contributed by atoms with Crippen molar-refractivity contribution in [1.82, 2.24) is 25.5 Å². The quantitative estimate of drug-likeness (QED) is 0.434. The summed E-state index contributed by atoms with van der Waals surface area (Å²) in [6.07, 6.45) is 5.57. The molecule has 33 heavy (non-hydrogen) atoms. The second kappa shape index (κ2) is 9.40. The molecule has 8 nitrogen and oxygen atoms in total. The molecule has 12 heteroatoms. The highest BCUT2D eigenvalue weighted by molar-refractivity contribution is 7.16. The Kier molecular flexibility index (Phi) is 6.56. The number of rotatable bonds is 9. The smallest absolute Gasteiger partial charge is 0.277 e. The minimum absolute atomic E-state index is 0.172. The van der Waals surface area contributed by atoms with Gasteiger partial charge in [-0.15, -0.1) is 21.5 Å². The van der Waals surface area contributed by atoms with Crippen LogP contribution in [-0.2, 0) is 5.41 Å². The van der Waals surface area contributed by atoms with Crippen LogP contribution in [0.1, 0.15) is 34.6 Å². The minimum atomic E-state index is -3.17. The highest BCUT2D eigenvalue weighted by Gasteiger charge is 2.41. The second-order valence-electron chi connectivity index (χ2n) is 7.90. The lowest BCUT2D eigenvalue weighted by atomic mass is 9.66. The van der Waals surface area contributed by atoms with E-state index in [0.717, 1.165) is 30.6 Å². The van der Waals surface area contributed by atoms with E-state index >= 15 is 0 Å².